The first-order valence-corrected chi connectivity index (χ1v) is 6.16. The van der Waals surface area contributed by atoms with E-state index in [-0.39, 0.29) is 18.9 Å². The lowest BCUT2D eigenvalue weighted by molar-refractivity contribution is -0.123. The summed E-state index contributed by atoms with van der Waals surface area (Å²) in [6.07, 6.45) is -0.485. The zero-order chi connectivity index (χ0) is 14.3. The van der Waals surface area contributed by atoms with Gasteiger partial charge in [-0.1, -0.05) is 11.6 Å². The first kappa shape index (κ1) is 15.3. The van der Waals surface area contributed by atoms with E-state index in [0.29, 0.717) is 22.9 Å². The van der Waals surface area contributed by atoms with E-state index >= 15 is 0 Å². The third-order valence-electron chi connectivity index (χ3n) is 2.34. The number of hydrogen-bond donors (Lipinski definition) is 2. The van der Waals surface area contributed by atoms with Crippen molar-refractivity contribution in [3.63, 3.8) is 0 Å². The zero-order valence-electron chi connectivity index (χ0n) is 10.5. The molecule has 0 bridgehead atoms. The van der Waals surface area contributed by atoms with Crippen LogP contribution in [0.25, 0.3) is 0 Å². The van der Waals surface area contributed by atoms with Crippen LogP contribution in [0.15, 0.2) is 18.2 Å². The van der Waals surface area contributed by atoms with E-state index in [2.05, 4.69) is 5.32 Å². The second kappa shape index (κ2) is 7.62. The molecule has 0 aliphatic carbocycles. The van der Waals surface area contributed by atoms with Gasteiger partial charge in [-0.3, -0.25) is 4.79 Å². The topological polar surface area (TPSA) is 82.3 Å². The number of aliphatic hydroxyl groups excluding tert-OH is 1. The van der Waals surface area contributed by atoms with Gasteiger partial charge in [-0.2, -0.15) is 5.26 Å². The van der Waals surface area contributed by atoms with E-state index in [4.69, 9.17) is 21.6 Å². The highest BCUT2D eigenvalue weighted by Crippen LogP contribution is 2.28. The Hall–Kier alpha value is -1.77. The molecule has 1 atom stereocenters. The Kier molecular flexibility index (Phi) is 6.13. The van der Waals surface area contributed by atoms with Crippen LogP contribution < -0.4 is 10.1 Å². The first-order chi connectivity index (χ1) is 9.04. The largest absolute Gasteiger partial charge is 0.483 e. The number of amides is 1. The van der Waals surface area contributed by atoms with Gasteiger partial charge < -0.3 is 15.2 Å². The van der Waals surface area contributed by atoms with Crippen molar-refractivity contribution in [1.82, 2.24) is 5.32 Å². The molecule has 1 amide bonds. The molecule has 5 nitrogen and oxygen atoms in total. The van der Waals surface area contributed by atoms with Gasteiger partial charge in [0.2, 0.25) is 0 Å². The Labute approximate surface area is 116 Å². The Balaban J connectivity index is 2.58. The van der Waals surface area contributed by atoms with Gasteiger partial charge in [-0.15, -0.1) is 0 Å². The Morgan fingerprint density at radius 1 is 1.63 bits per heavy atom. The van der Waals surface area contributed by atoms with Crippen LogP contribution in [0.4, 0.5) is 0 Å². The van der Waals surface area contributed by atoms with E-state index in [1.165, 1.54) is 0 Å². The molecular formula is C13H15ClN2O3. The maximum absolute atomic E-state index is 11.4. The van der Waals surface area contributed by atoms with Crippen LogP contribution in [0.3, 0.4) is 0 Å². The van der Waals surface area contributed by atoms with Gasteiger partial charge >= 0.3 is 0 Å². The van der Waals surface area contributed by atoms with Crippen LogP contribution in [0.5, 0.6) is 5.75 Å². The molecule has 0 radical (unpaired) electrons. The molecule has 0 heterocycles. The molecule has 0 aromatic heterocycles. The van der Waals surface area contributed by atoms with E-state index < -0.39 is 6.10 Å². The first-order valence-electron chi connectivity index (χ1n) is 5.78. The summed E-state index contributed by atoms with van der Waals surface area (Å²) in [5, 5.41) is 21.0. The van der Waals surface area contributed by atoms with Gasteiger partial charge in [0, 0.05) is 17.1 Å². The van der Waals surface area contributed by atoms with Gasteiger partial charge in [0.25, 0.3) is 5.91 Å². The second-order valence-corrected chi connectivity index (χ2v) is 4.34. The number of nitrogens with one attached hydrogen (secondary N) is 1. The smallest absolute Gasteiger partial charge is 0.257 e. The fraction of sp³-hybridized carbons (Fsp3) is 0.385. The highest BCUT2D eigenvalue weighted by molar-refractivity contribution is 6.30. The molecule has 19 heavy (non-hydrogen) atoms. The third kappa shape index (κ3) is 5.16. The van der Waals surface area contributed by atoms with E-state index in [0.717, 1.165) is 0 Å². The number of rotatable bonds is 6. The number of benzene rings is 1. The molecule has 1 aromatic rings. The van der Waals surface area contributed by atoms with Crippen molar-refractivity contribution < 1.29 is 14.6 Å². The van der Waals surface area contributed by atoms with Crippen molar-refractivity contribution in [2.75, 3.05) is 13.2 Å². The van der Waals surface area contributed by atoms with Crippen LogP contribution in [0.1, 0.15) is 25.0 Å². The minimum Gasteiger partial charge on any atom is -0.483 e. The highest BCUT2D eigenvalue weighted by Gasteiger charge is 2.11. The number of nitrogens with zero attached hydrogens (tertiary/aromatic N) is 1. The lowest BCUT2D eigenvalue weighted by atomic mass is 10.1. The Morgan fingerprint density at radius 3 is 3.00 bits per heavy atom. The SMILES string of the molecule is C[C@@H](O)c1cc(Cl)ccc1OCC(=O)NCCC#N. The van der Waals surface area contributed by atoms with Gasteiger partial charge in [-0.05, 0) is 25.1 Å². The summed E-state index contributed by atoms with van der Waals surface area (Å²) in [5.41, 5.74) is 0.525. The average molecular weight is 283 g/mol. The molecule has 2 N–H and O–H groups in total. The summed E-state index contributed by atoms with van der Waals surface area (Å²) in [4.78, 5) is 11.4. The van der Waals surface area contributed by atoms with Crippen LogP contribution in [0, 0.1) is 11.3 Å². The number of carbonyl (C=O) groups excluding carboxylic acids is 1. The molecule has 0 saturated heterocycles. The number of halogens is 1. The minimum atomic E-state index is -0.740. The molecule has 0 aliphatic heterocycles. The third-order valence-corrected chi connectivity index (χ3v) is 2.57. The lowest BCUT2D eigenvalue weighted by Crippen LogP contribution is -2.29. The predicted octanol–water partition coefficient (Wildman–Crippen LogP) is 1.80. The highest BCUT2D eigenvalue weighted by atomic mass is 35.5. The maximum Gasteiger partial charge on any atom is 0.257 e. The van der Waals surface area contributed by atoms with Crippen molar-refractivity contribution in [3.05, 3.63) is 28.8 Å². The van der Waals surface area contributed by atoms with Crippen LogP contribution >= 0.6 is 11.6 Å². The number of ether oxygens (including phenoxy) is 1. The fourth-order valence-electron chi connectivity index (χ4n) is 1.43. The van der Waals surface area contributed by atoms with Crippen molar-refractivity contribution >= 4 is 17.5 Å². The number of hydrogen-bond acceptors (Lipinski definition) is 4. The van der Waals surface area contributed by atoms with Crippen molar-refractivity contribution in [2.24, 2.45) is 0 Å². The molecule has 0 unspecified atom stereocenters. The van der Waals surface area contributed by atoms with Gasteiger partial charge in [0.1, 0.15) is 5.75 Å². The van der Waals surface area contributed by atoms with Crippen molar-refractivity contribution in [3.8, 4) is 11.8 Å². The van der Waals surface area contributed by atoms with Gasteiger partial charge in [0.15, 0.2) is 6.61 Å². The molecule has 1 rings (SSSR count). The summed E-state index contributed by atoms with van der Waals surface area (Å²) < 4.78 is 5.33. The zero-order valence-corrected chi connectivity index (χ0v) is 11.3. The average Bonchev–Trinajstić information content (AvgIpc) is 2.37. The maximum atomic E-state index is 11.4. The van der Waals surface area contributed by atoms with Crippen molar-refractivity contribution in [1.29, 1.82) is 5.26 Å². The van der Waals surface area contributed by atoms with Gasteiger partial charge in [0.05, 0.1) is 18.6 Å². The summed E-state index contributed by atoms with van der Waals surface area (Å²) in [6, 6.07) is 6.74. The Morgan fingerprint density at radius 2 is 2.37 bits per heavy atom. The number of aliphatic hydroxyl groups is 1. The van der Waals surface area contributed by atoms with E-state index in [1.54, 1.807) is 25.1 Å². The van der Waals surface area contributed by atoms with Crippen LogP contribution in [0.2, 0.25) is 5.02 Å². The Bertz CT molecular complexity index is 483. The van der Waals surface area contributed by atoms with E-state index in [9.17, 15) is 9.90 Å². The molecule has 0 saturated carbocycles. The minimum absolute atomic E-state index is 0.174. The summed E-state index contributed by atoms with van der Waals surface area (Å²) in [6.45, 7) is 1.71. The molecule has 102 valence electrons. The van der Waals surface area contributed by atoms with Crippen LogP contribution in [-0.4, -0.2) is 24.2 Å². The molecular weight excluding hydrogens is 268 g/mol. The molecule has 6 heteroatoms. The molecule has 0 fully saturated rings. The summed E-state index contributed by atoms with van der Waals surface area (Å²) in [5.74, 6) is 0.0941. The second-order valence-electron chi connectivity index (χ2n) is 3.90. The van der Waals surface area contributed by atoms with E-state index in [1.807, 2.05) is 6.07 Å². The molecule has 1 aromatic carbocycles. The molecule has 0 aliphatic rings. The van der Waals surface area contributed by atoms with Crippen molar-refractivity contribution in [2.45, 2.75) is 19.4 Å². The lowest BCUT2D eigenvalue weighted by Gasteiger charge is -2.13. The van der Waals surface area contributed by atoms with Gasteiger partial charge in [-0.25, -0.2) is 0 Å². The monoisotopic (exact) mass is 282 g/mol. The normalized spacial score (nSPS) is 11.5. The number of carbonyl (C=O) groups is 1. The number of nitriles is 1. The summed E-state index contributed by atoms with van der Waals surface area (Å²) in [7, 11) is 0. The standard InChI is InChI=1S/C13H15ClN2O3/c1-9(17)11-7-10(14)3-4-12(11)19-8-13(18)16-6-2-5-15/h3-4,7,9,17H,2,6,8H2,1H3,(H,16,18)/t9-/m1/s1. The molecule has 0 spiro atoms. The quantitative estimate of drug-likeness (QED) is 0.780. The summed E-state index contributed by atoms with van der Waals surface area (Å²) >= 11 is 5.83. The fourth-order valence-corrected chi connectivity index (χ4v) is 1.61. The van der Waals surface area contributed by atoms with Crippen LogP contribution in [-0.2, 0) is 4.79 Å². The predicted molar refractivity (Wildman–Crippen MR) is 70.8 cm³/mol.